The first-order valence-corrected chi connectivity index (χ1v) is 8.21. The van der Waals surface area contributed by atoms with Gasteiger partial charge in [0, 0.05) is 45.6 Å². The van der Waals surface area contributed by atoms with Crippen molar-refractivity contribution >= 4 is 11.6 Å². The lowest BCUT2D eigenvalue weighted by Gasteiger charge is -2.29. The molecule has 1 aromatic heterocycles. The maximum Gasteiger partial charge on any atom is 0.257 e. The number of rotatable bonds is 4. The summed E-state index contributed by atoms with van der Waals surface area (Å²) >= 11 is 0. The molecule has 2 heterocycles. The van der Waals surface area contributed by atoms with E-state index < -0.39 is 0 Å². The Morgan fingerprint density at radius 3 is 2.48 bits per heavy atom. The third-order valence-electron chi connectivity index (χ3n) is 4.38. The SMILES string of the molecule is CN(Cc1ccc(N2CCCCC2)cc1)C(=O)c1cnn(C)c1. The van der Waals surface area contributed by atoms with Crippen LogP contribution in [0.15, 0.2) is 36.7 Å². The minimum absolute atomic E-state index is 0.00166. The molecule has 0 aliphatic carbocycles. The Hall–Kier alpha value is -2.30. The van der Waals surface area contributed by atoms with Crippen molar-refractivity contribution in [3.63, 3.8) is 0 Å². The van der Waals surface area contributed by atoms with E-state index in [1.54, 1.807) is 22.0 Å². The van der Waals surface area contributed by atoms with Crippen LogP contribution in [-0.2, 0) is 13.6 Å². The molecule has 3 rings (SSSR count). The van der Waals surface area contributed by atoms with Crippen LogP contribution in [0.3, 0.4) is 0 Å². The van der Waals surface area contributed by atoms with Crippen LogP contribution in [0.5, 0.6) is 0 Å². The first kappa shape index (κ1) is 15.6. The minimum Gasteiger partial charge on any atom is -0.372 e. The molecule has 0 N–H and O–H groups in total. The number of aromatic nitrogens is 2. The summed E-state index contributed by atoms with van der Waals surface area (Å²) in [5, 5.41) is 4.05. The van der Waals surface area contributed by atoms with Crippen LogP contribution in [-0.4, -0.2) is 40.7 Å². The van der Waals surface area contributed by atoms with Gasteiger partial charge in [0.1, 0.15) is 0 Å². The third kappa shape index (κ3) is 3.73. The number of hydrogen-bond acceptors (Lipinski definition) is 3. The number of benzene rings is 1. The van der Waals surface area contributed by atoms with Crippen molar-refractivity contribution in [2.75, 3.05) is 25.0 Å². The smallest absolute Gasteiger partial charge is 0.257 e. The fourth-order valence-corrected chi connectivity index (χ4v) is 3.06. The molecule has 0 radical (unpaired) electrons. The van der Waals surface area contributed by atoms with Crippen LogP contribution in [0.1, 0.15) is 35.2 Å². The highest BCUT2D eigenvalue weighted by Gasteiger charge is 2.14. The molecule has 0 saturated carbocycles. The molecular formula is C18H24N4O. The average Bonchev–Trinajstić information content (AvgIpc) is 3.02. The lowest BCUT2D eigenvalue weighted by atomic mass is 10.1. The van der Waals surface area contributed by atoms with E-state index in [1.165, 1.54) is 24.9 Å². The van der Waals surface area contributed by atoms with E-state index in [9.17, 15) is 4.79 Å². The third-order valence-corrected chi connectivity index (χ3v) is 4.38. The second-order valence-corrected chi connectivity index (χ2v) is 6.28. The fraction of sp³-hybridized carbons (Fsp3) is 0.444. The van der Waals surface area contributed by atoms with E-state index >= 15 is 0 Å². The second-order valence-electron chi connectivity index (χ2n) is 6.28. The van der Waals surface area contributed by atoms with Gasteiger partial charge < -0.3 is 9.80 Å². The average molecular weight is 312 g/mol. The highest BCUT2D eigenvalue weighted by Crippen LogP contribution is 2.20. The van der Waals surface area contributed by atoms with Crippen LogP contribution in [0.25, 0.3) is 0 Å². The maximum atomic E-state index is 12.3. The Bertz CT molecular complexity index is 656. The van der Waals surface area contributed by atoms with Gasteiger partial charge in [-0.2, -0.15) is 5.10 Å². The molecule has 1 aliphatic rings. The summed E-state index contributed by atoms with van der Waals surface area (Å²) in [6.07, 6.45) is 7.26. The Kier molecular flexibility index (Phi) is 4.65. The molecule has 1 fully saturated rings. The molecule has 1 aliphatic heterocycles. The lowest BCUT2D eigenvalue weighted by Crippen LogP contribution is -2.29. The van der Waals surface area contributed by atoms with Gasteiger partial charge >= 0.3 is 0 Å². The van der Waals surface area contributed by atoms with Gasteiger partial charge in [-0.1, -0.05) is 12.1 Å². The first-order chi connectivity index (χ1) is 11.1. The first-order valence-electron chi connectivity index (χ1n) is 8.21. The molecule has 0 unspecified atom stereocenters. The summed E-state index contributed by atoms with van der Waals surface area (Å²) in [6, 6.07) is 8.58. The monoisotopic (exact) mass is 312 g/mol. The van der Waals surface area contributed by atoms with E-state index in [4.69, 9.17) is 0 Å². The van der Waals surface area contributed by atoms with E-state index in [-0.39, 0.29) is 5.91 Å². The second kappa shape index (κ2) is 6.86. The molecular weight excluding hydrogens is 288 g/mol. The molecule has 5 nitrogen and oxygen atoms in total. The topological polar surface area (TPSA) is 41.4 Å². The quantitative estimate of drug-likeness (QED) is 0.871. The van der Waals surface area contributed by atoms with Crippen molar-refractivity contribution in [1.29, 1.82) is 0 Å². The van der Waals surface area contributed by atoms with Gasteiger partial charge in [0.2, 0.25) is 0 Å². The Labute approximate surface area is 137 Å². The molecule has 0 spiro atoms. The number of nitrogens with zero attached hydrogens (tertiary/aromatic N) is 4. The highest BCUT2D eigenvalue weighted by atomic mass is 16.2. The van der Waals surface area contributed by atoms with Gasteiger partial charge in [-0.15, -0.1) is 0 Å². The number of hydrogen-bond donors (Lipinski definition) is 0. The number of piperidine rings is 1. The summed E-state index contributed by atoms with van der Waals surface area (Å²) in [5.41, 5.74) is 3.06. The summed E-state index contributed by atoms with van der Waals surface area (Å²) in [6.45, 7) is 2.91. The Balaban J connectivity index is 1.62. The van der Waals surface area contributed by atoms with Gasteiger partial charge in [-0.05, 0) is 37.0 Å². The summed E-state index contributed by atoms with van der Waals surface area (Å²) < 4.78 is 1.65. The van der Waals surface area contributed by atoms with Crippen molar-refractivity contribution < 1.29 is 4.79 Å². The van der Waals surface area contributed by atoms with E-state index in [2.05, 4.69) is 34.3 Å². The van der Waals surface area contributed by atoms with E-state index in [0.717, 1.165) is 18.7 Å². The normalized spacial score (nSPS) is 14.8. The standard InChI is InChI=1S/C18H24N4O/c1-20(18(23)16-12-19-21(2)14-16)13-15-6-8-17(9-7-15)22-10-4-3-5-11-22/h6-9,12,14H,3-5,10-11,13H2,1-2H3. The zero-order chi connectivity index (χ0) is 16.2. The molecule has 0 atom stereocenters. The molecule has 23 heavy (non-hydrogen) atoms. The summed E-state index contributed by atoms with van der Waals surface area (Å²) in [7, 11) is 3.64. The zero-order valence-electron chi connectivity index (χ0n) is 13.9. The van der Waals surface area contributed by atoms with Crippen molar-refractivity contribution in [2.24, 2.45) is 7.05 Å². The Morgan fingerprint density at radius 1 is 1.17 bits per heavy atom. The maximum absolute atomic E-state index is 12.3. The number of carbonyl (C=O) groups is 1. The molecule has 1 saturated heterocycles. The minimum atomic E-state index is -0.00166. The van der Waals surface area contributed by atoms with Gasteiger partial charge in [0.25, 0.3) is 5.91 Å². The number of carbonyl (C=O) groups excluding carboxylic acids is 1. The van der Waals surface area contributed by atoms with Crippen LogP contribution < -0.4 is 4.90 Å². The van der Waals surface area contributed by atoms with Crippen LogP contribution in [0, 0.1) is 0 Å². The van der Waals surface area contributed by atoms with Gasteiger partial charge in [-0.3, -0.25) is 9.48 Å². The van der Waals surface area contributed by atoms with Crippen molar-refractivity contribution in [3.05, 3.63) is 47.8 Å². The predicted molar refractivity (Wildman–Crippen MR) is 91.5 cm³/mol. The van der Waals surface area contributed by atoms with Gasteiger partial charge in [0.15, 0.2) is 0 Å². The van der Waals surface area contributed by atoms with Gasteiger partial charge in [0.05, 0.1) is 11.8 Å². The summed E-state index contributed by atoms with van der Waals surface area (Å²) in [4.78, 5) is 16.5. The van der Waals surface area contributed by atoms with Crippen LogP contribution in [0.4, 0.5) is 5.69 Å². The van der Waals surface area contributed by atoms with Crippen molar-refractivity contribution in [2.45, 2.75) is 25.8 Å². The van der Waals surface area contributed by atoms with Gasteiger partial charge in [-0.25, -0.2) is 0 Å². The lowest BCUT2D eigenvalue weighted by molar-refractivity contribution is 0.0785. The predicted octanol–water partition coefficient (Wildman–Crippen LogP) is 2.68. The van der Waals surface area contributed by atoms with Crippen molar-refractivity contribution in [3.8, 4) is 0 Å². The number of aryl methyl sites for hydroxylation is 1. The molecule has 1 aromatic carbocycles. The summed E-state index contributed by atoms with van der Waals surface area (Å²) in [5.74, 6) is -0.00166. The highest BCUT2D eigenvalue weighted by molar-refractivity contribution is 5.93. The zero-order valence-corrected chi connectivity index (χ0v) is 13.9. The number of anilines is 1. The fourth-order valence-electron chi connectivity index (χ4n) is 3.06. The largest absolute Gasteiger partial charge is 0.372 e. The number of amides is 1. The molecule has 0 bridgehead atoms. The van der Waals surface area contributed by atoms with Crippen LogP contribution >= 0.6 is 0 Å². The molecule has 5 heteroatoms. The van der Waals surface area contributed by atoms with Crippen molar-refractivity contribution in [1.82, 2.24) is 14.7 Å². The Morgan fingerprint density at radius 2 is 1.87 bits per heavy atom. The van der Waals surface area contributed by atoms with Crippen LogP contribution in [0.2, 0.25) is 0 Å². The molecule has 122 valence electrons. The molecule has 1 amide bonds. The van der Waals surface area contributed by atoms with E-state index in [1.807, 2.05) is 14.1 Å². The molecule has 2 aromatic rings. The van der Waals surface area contributed by atoms with E-state index in [0.29, 0.717) is 12.1 Å².